The van der Waals surface area contributed by atoms with Crippen molar-refractivity contribution < 1.29 is 18.3 Å². The molecule has 0 saturated carbocycles. The van der Waals surface area contributed by atoms with Gasteiger partial charge in [-0.1, -0.05) is 25.1 Å². The molecule has 1 aromatic heterocycles. The number of carbonyl (C=O) groups excluding carboxylic acids is 1. The third kappa shape index (κ3) is 3.93. The predicted octanol–water partition coefficient (Wildman–Crippen LogP) is 4.36. The Hall–Kier alpha value is -2.77. The molecule has 1 fully saturated rings. The summed E-state index contributed by atoms with van der Waals surface area (Å²) in [6.45, 7) is 7.23. The maximum atomic E-state index is 15.6. The summed E-state index contributed by atoms with van der Waals surface area (Å²) in [5.41, 5.74) is 2.80. The summed E-state index contributed by atoms with van der Waals surface area (Å²) < 4.78 is 36.8. The summed E-state index contributed by atoms with van der Waals surface area (Å²) in [5.74, 6) is -1.27. The van der Waals surface area contributed by atoms with Crippen molar-refractivity contribution in [3.8, 4) is 5.75 Å². The number of H-pyrrole nitrogens is 1. The molecule has 3 unspecified atom stereocenters. The van der Waals surface area contributed by atoms with Gasteiger partial charge in [-0.2, -0.15) is 0 Å². The third-order valence-electron chi connectivity index (χ3n) is 7.07. The maximum absolute atomic E-state index is 15.6. The molecule has 5 nitrogen and oxygen atoms in total. The number of nitrogens with one attached hydrogen (secondary N) is 2. The number of Topliss-reactive ketones (excluding diaryl/α,β-unsaturated/α-hetero) is 1. The van der Waals surface area contributed by atoms with E-state index >= 15 is 8.78 Å². The van der Waals surface area contributed by atoms with Crippen LogP contribution in [0.25, 0.3) is 10.9 Å². The molecule has 3 aromatic rings. The fourth-order valence-corrected chi connectivity index (χ4v) is 4.98. The SMILES string of the molecule is CC(=O)C(C)CN1C(C)Cc2c([nH]c3ccccc23)C1c1c(F)cc(OC2CNC2)cc1F. The zero-order chi connectivity index (χ0) is 23.3. The van der Waals surface area contributed by atoms with E-state index in [0.29, 0.717) is 19.6 Å². The van der Waals surface area contributed by atoms with E-state index in [2.05, 4.69) is 22.1 Å². The molecule has 0 spiro atoms. The fraction of sp³-hybridized carbons (Fsp3) is 0.423. The molecule has 0 radical (unpaired) electrons. The predicted molar refractivity (Wildman–Crippen MR) is 124 cm³/mol. The smallest absolute Gasteiger partial charge is 0.135 e. The highest BCUT2D eigenvalue weighted by atomic mass is 19.1. The number of ketones is 1. The second kappa shape index (κ2) is 8.54. The molecule has 3 heterocycles. The first-order valence-corrected chi connectivity index (χ1v) is 11.6. The molecule has 2 aromatic carbocycles. The van der Waals surface area contributed by atoms with Gasteiger partial charge in [0, 0.05) is 65.9 Å². The van der Waals surface area contributed by atoms with Crippen LogP contribution in [0.2, 0.25) is 0 Å². The van der Waals surface area contributed by atoms with Crippen LogP contribution in [0, 0.1) is 17.6 Å². The van der Waals surface area contributed by atoms with Crippen molar-refractivity contribution in [3.63, 3.8) is 0 Å². The number of aromatic amines is 1. The summed E-state index contributed by atoms with van der Waals surface area (Å²) >= 11 is 0. The fourth-order valence-electron chi connectivity index (χ4n) is 4.98. The van der Waals surface area contributed by atoms with E-state index in [0.717, 1.165) is 28.6 Å². The molecule has 1 saturated heterocycles. The Kier molecular flexibility index (Phi) is 5.70. The minimum atomic E-state index is -0.669. The Bertz CT molecular complexity index is 1180. The Labute approximate surface area is 192 Å². The Morgan fingerprint density at radius 3 is 2.55 bits per heavy atom. The number of nitrogens with zero attached hydrogens (tertiary/aromatic N) is 1. The lowest BCUT2D eigenvalue weighted by molar-refractivity contribution is -0.121. The molecule has 3 atom stereocenters. The standard InChI is InChI=1S/C26H29F2N3O2/c1-14(16(3)32)13-31-15(2)8-20-19-6-4-5-7-23(19)30-25(20)26(31)24-21(27)9-17(10-22(24)28)33-18-11-29-12-18/h4-7,9-10,14-15,18,26,29-30H,8,11-13H2,1-3H3. The number of rotatable bonds is 6. The van der Waals surface area contributed by atoms with Gasteiger partial charge in [0.2, 0.25) is 0 Å². The minimum absolute atomic E-state index is 0.000663. The van der Waals surface area contributed by atoms with Gasteiger partial charge >= 0.3 is 0 Å². The molecule has 0 aliphatic carbocycles. The van der Waals surface area contributed by atoms with Crippen molar-refractivity contribution >= 4 is 16.7 Å². The number of aromatic nitrogens is 1. The van der Waals surface area contributed by atoms with Gasteiger partial charge < -0.3 is 15.0 Å². The second-order valence-electron chi connectivity index (χ2n) is 9.43. The van der Waals surface area contributed by atoms with Crippen LogP contribution >= 0.6 is 0 Å². The van der Waals surface area contributed by atoms with Crippen molar-refractivity contribution in [1.82, 2.24) is 15.2 Å². The van der Waals surface area contributed by atoms with Crippen molar-refractivity contribution in [3.05, 3.63) is 64.9 Å². The van der Waals surface area contributed by atoms with E-state index in [1.165, 1.54) is 12.1 Å². The first-order chi connectivity index (χ1) is 15.8. The van der Waals surface area contributed by atoms with Gasteiger partial charge in [0.1, 0.15) is 29.3 Å². The minimum Gasteiger partial charge on any atom is -0.488 e. The molecular formula is C26H29F2N3O2. The third-order valence-corrected chi connectivity index (χ3v) is 7.07. The lowest BCUT2D eigenvalue weighted by atomic mass is 9.87. The summed E-state index contributed by atoms with van der Waals surface area (Å²) in [5, 5.41) is 4.16. The number of carbonyl (C=O) groups is 1. The van der Waals surface area contributed by atoms with Gasteiger partial charge in [-0.05, 0) is 31.9 Å². The van der Waals surface area contributed by atoms with Crippen molar-refractivity contribution in [2.45, 2.75) is 45.4 Å². The highest BCUT2D eigenvalue weighted by Gasteiger charge is 2.39. The average molecular weight is 454 g/mol. The average Bonchev–Trinajstić information content (AvgIpc) is 3.10. The van der Waals surface area contributed by atoms with Crippen LogP contribution < -0.4 is 10.1 Å². The lowest BCUT2D eigenvalue weighted by Crippen LogP contribution is -2.50. The van der Waals surface area contributed by atoms with Gasteiger partial charge in [0.15, 0.2) is 0 Å². The molecule has 0 amide bonds. The quantitative estimate of drug-likeness (QED) is 0.583. The number of hydrogen-bond acceptors (Lipinski definition) is 4. The van der Waals surface area contributed by atoms with E-state index in [1.807, 2.05) is 31.2 Å². The van der Waals surface area contributed by atoms with E-state index in [9.17, 15) is 4.79 Å². The summed E-state index contributed by atoms with van der Waals surface area (Å²) in [6, 6.07) is 9.84. The van der Waals surface area contributed by atoms with Crippen LogP contribution in [-0.4, -0.2) is 47.4 Å². The number of ether oxygens (including phenoxy) is 1. The second-order valence-corrected chi connectivity index (χ2v) is 9.43. The topological polar surface area (TPSA) is 57.4 Å². The highest BCUT2D eigenvalue weighted by Crippen LogP contribution is 2.43. The van der Waals surface area contributed by atoms with Gasteiger partial charge in [0.05, 0.1) is 6.04 Å². The first kappa shape index (κ1) is 22.0. The van der Waals surface area contributed by atoms with Gasteiger partial charge in [-0.25, -0.2) is 8.78 Å². The highest BCUT2D eigenvalue weighted by molar-refractivity contribution is 5.85. The molecular weight excluding hydrogens is 424 g/mol. The summed E-state index contributed by atoms with van der Waals surface area (Å²) in [4.78, 5) is 17.6. The Morgan fingerprint density at radius 2 is 1.91 bits per heavy atom. The van der Waals surface area contributed by atoms with E-state index in [-0.39, 0.29) is 35.2 Å². The number of hydrogen-bond donors (Lipinski definition) is 2. The first-order valence-electron chi connectivity index (χ1n) is 11.6. The van der Waals surface area contributed by atoms with Crippen LogP contribution in [0.1, 0.15) is 43.6 Å². The molecule has 2 aliphatic rings. The number of fused-ring (bicyclic) bond motifs is 3. The van der Waals surface area contributed by atoms with Crippen LogP contribution in [-0.2, 0) is 11.2 Å². The van der Waals surface area contributed by atoms with Crippen LogP contribution in [0.3, 0.4) is 0 Å². The monoisotopic (exact) mass is 453 g/mol. The molecule has 2 aliphatic heterocycles. The van der Waals surface area contributed by atoms with Gasteiger partial charge in [-0.15, -0.1) is 0 Å². The lowest BCUT2D eigenvalue weighted by Gasteiger charge is -2.42. The number of halogens is 2. The zero-order valence-electron chi connectivity index (χ0n) is 19.1. The van der Waals surface area contributed by atoms with Crippen molar-refractivity contribution in [2.75, 3.05) is 19.6 Å². The maximum Gasteiger partial charge on any atom is 0.135 e. The van der Waals surface area contributed by atoms with Crippen molar-refractivity contribution in [1.29, 1.82) is 0 Å². The molecule has 174 valence electrons. The largest absolute Gasteiger partial charge is 0.488 e. The molecule has 0 bridgehead atoms. The molecule has 7 heteroatoms. The normalized spacial score (nSPS) is 22.1. The van der Waals surface area contributed by atoms with E-state index in [4.69, 9.17) is 4.74 Å². The summed E-state index contributed by atoms with van der Waals surface area (Å²) in [6.07, 6.45) is 0.664. The number of benzene rings is 2. The van der Waals surface area contributed by atoms with Crippen LogP contribution in [0.4, 0.5) is 8.78 Å². The van der Waals surface area contributed by atoms with Gasteiger partial charge in [0.25, 0.3) is 0 Å². The Balaban J connectivity index is 1.63. The Morgan fingerprint density at radius 1 is 1.21 bits per heavy atom. The van der Waals surface area contributed by atoms with E-state index < -0.39 is 17.7 Å². The molecule has 5 rings (SSSR count). The van der Waals surface area contributed by atoms with Crippen molar-refractivity contribution in [2.24, 2.45) is 5.92 Å². The van der Waals surface area contributed by atoms with E-state index in [1.54, 1.807) is 6.92 Å². The van der Waals surface area contributed by atoms with Crippen LogP contribution in [0.5, 0.6) is 5.75 Å². The molecule has 33 heavy (non-hydrogen) atoms. The number of para-hydroxylation sites is 1. The molecule has 2 N–H and O–H groups in total. The summed E-state index contributed by atoms with van der Waals surface area (Å²) in [7, 11) is 0. The van der Waals surface area contributed by atoms with Crippen LogP contribution in [0.15, 0.2) is 36.4 Å². The zero-order valence-corrected chi connectivity index (χ0v) is 19.1. The van der Waals surface area contributed by atoms with Gasteiger partial charge in [-0.3, -0.25) is 9.69 Å².